The first-order valence-electron chi connectivity index (χ1n) is 9.20. The predicted octanol–water partition coefficient (Wildman–Crippen LogP) is 3.91. The van der Waals surface area contributed by atoms with E-state index in [2.05, 4.69) is 4.57 Å². The highest BCUT2D eigenvalue weighted by Gasteiger charge is 2.34. The molecule has 0 unspecified atom stereocenters. The second-order valence-corrected chi connectivity index (χ2v) is 6.51. The molecule has 136 valence electrons. The third-order valence-corrected chi connectivity index (χ3v) is 5.36. The molecule has 1 amide bonds. The van der Waals surface area contributed by atoms with E-state index in [0.29, 0.717) is 19.6 Å². The molecule has 25 heavy (non-hydrogen) atoms. The SMILES string of the molecule is CCN(CC)C(=O)[C@H]1CCCc2c1c1c(OC)cccc1n2CC[18F]. The molecule has 0 radical (unpaired) electrons. The summed E-state index contributed by atoms with van der Waals surface area (Å²) >= 11 is 0. The van der Waals surface area contributed by atoms with E-state index in [0.717, 1.165) is 47.2 Å². The van der Waals surface area contributed by atoms with Gasteiger partial charge in [0.15, 0.2) is 0 Å². The fourth-order valence-corrected chi connectivity index (χ4v) is 4.23. The Balaban J connectivity index is 2.23. The van der Waals surface area contributed by atoms with E-state index in [1.54, 1.807) is 7.11 Å². The van der Waals surface area contributed by atoms with Crippen molar-refractivity contribution >= 4 is 16.8 Å². The first kappa shape index (κ1) is 17.8. The third-order valence-electron chi connectivity index (χ3n) is 5.36. The van der Waals surface area contributed by atoms with Gasteiger partial charge in [-0.3, -0.25) is 4.79 Å². The number of carbonyl (C=O) groups excluding carboxylic acids is 1. The summed E-state index contributed by atoms with van der Waals surface area (Å²) in [6, 6.07) is 5.86. The summed E-state index contributed by atoms with van der Waals surface area (Å²) in [5.41, 5.74) is 3.14. The van der Waals surface area contributed by atoms with Crippen molar-refractivity contribution in [2.45, 2.75) is 45.6 Å². The first-order valence-corrected chi connectivity index (χ1v) is 9.20. The molecular weight excluding hydrogens is 318 g/mol. The molecule has 1 aromatic heterocycles. The minimum atomic E-state index is -0.415. The lowest BCUT2D eigenvalue weighted by Crippen LogP contribution is -2.36. The zero-order valence-corrected chi connectivity index (χ0v) is 15.3. The maximum atomic E-state index is 13.2. The van der Waals surface area contributed by atoms with Gasteiger partial charge in [-0.25, -0.2) is 4.39 Å². The molecular formula is C20H27FN2O2. The van der Waals surface area contributed by atoms with Gasteiger partial charge in [-0.2, -0.15) is 0 Å². The smallest absolute Gasteiger partial charge is 0.230 e. The highest BCUT2D eigenvalue weighted by molar-refractivity contribution is 5.97. The number of aryl methyl sites for hydroxylation is 1. The molecule has 4 nitrogen and oxygen atoms in total. The number of methoxy groups -OCH3 is 1. The van der Waals surface area contributed by atoms with Crippen molar-refractivity contribution in [2.75, 3.05) is 26.9 Å². The Morgan fingerprint density at radius 3 is 2.76 bits per heavy atom. The molecule has 1 aliphatic carbocycles. The van der Waals surface area contributed by atoms with Crippen LogP contribution in [0.4, 0.5) is 4.39 Å². The average Bonchev–Trinajstić information content (AvgIpc) is 2.97. The molecule has 0 saturated heterocycles. The Hall–Kier alpha value is -2.04. The number of benzene rings is 1. The highest BCUT2D eigenvalue weighted by atomic mass is 18.2. The summed E-state index contributed by atoms with van der Waals surface area (Å²) in [5, 5.41) is 0.985. The van der Waals surface area contributed by atoms with Crippen LogP contribution in [0.3, 0.4) is 0 Å². The van der Waals surface area contributed by atoms with Crippen LogP contribution in [0.1, 0.15) is 43.9 Å². The maximum absolute atomic E-state index is 13.2. The molecule has 2 aromatic rings. The number of likely N-dealkylation sites (N-methyl/N-ethyl adjacent to an activating group) is 1. The van der Waals surface area contributed by atoms with Gasteiger partial charge in [0, 0.05) is 24.2 Å². The van der Waals surface area contributed by atoms with E-state index >= 15 is 0 Å². The quantitative estimate of drug-likeness (QED) is 0.795. The lowest BCUT2D eigenvalue weighted by Gasteiger charge is -2.29. The van der Waals surface area contributed by atoms with E-state index in [1.807, 2.05) is 36.9 Å². The summed E-state index contributed by atoms with van der Waals surface area (Å²) in [5.74, 6) is 0.782. The number of ether oxygens (including phenoxy) is 1. The van der Waals surface area contributed by atoms with Gasteiger partial charge in [0.1, 0.15) is 12.4 Å². The van der Waals surface area contributed by atoms with Crippen LogP contribution >= 0.6 is 0 Å². The Kier molecular flexibility index (Phi) is 5.30. The molecule has 3 rings (SSSR count). The van der Waals surface area contributed by atoms with Gasteiger partial charge in [-0.1, -0.05) is 6.07 Å². The van der Waals surface area contributed by atoms with E-state index in [4.69, 9.17) is 4.74 Å². The molecule has 1 aromatic carbocycles. The van der Waals surface area contributed by atoms with E-state index in [9.17, 15) is 9.18 Å². The molecule has 0 N–H and O–H groups in total. The lowest BCUT2D eigenvalue weighted by molar-refractivity contribution is -0.132. The largest absolute Gasteiger partial charge is 0.496 e. The van der Waals surface area contributed by atoms with Gasteiger partial charge < -0.3 is 14.2 Å². The normalized spacial score (nSPS) is 16.7. The standard InChI is InChI=1S/C20H27FN2O2/c1-4-22(5-2)20(24)14-8-6-9-15-18(14)19-16(23(15)13-12-21)10-7-11-17(19)25-3/h7,10-11,14H,4-6,8-9,12-13H2,1-3H3/t14-/m0/s1/i21-1. The van der Waals surface area contributed by atoms with Crippen molar-refractivity contribution in [3.63, 3.8) is 0 Å². The van der Waals surface area contributed by atoms with Gasteiger partial charge in [-0.15, -0.1) is 0 Å². The summed E-state index contributed by atoms with van der Waals surface area (Å²) in [7, 11) is 1.65. The number of rotatable bonds is 6. The average molecular weight is 345 g/mol. The van der Waals surface area contributed by atoms with Crippen LogP contribution < -0.4 is 4.74 Å². The van der Waals surface area contributed by atoms with Crippen LogP contribution in [0, 0.1) is 0 Å². The molecule has 0 fully saturated rings. The lowest BCUT2D eigenvalue weighted by atomic mass is 9.84. The molecule has 0 spiro atoms. The number of hydrogen-bond acceptors (Lipinski definition) is 2. The van der Waals surface area contributed by atoms with Crippen molar-refractivity contribution in [1.82, 2.24) is 9.47 Å². The number of fused-ring (bicyclic) bond motifs is 3. The fraction of sp³-hybridized carbons (Fsp3) is 0.550. The summed E-state index contributed by atoms with van der Waals surface area (Å²) in [6.07, 6.45) is 2.68. The number of aromatic nitrogens is 1. The number of nitrogens with zero attached hydrogens (tertiary/aromatic N) is 2. The Morgan fingerprint density at radius 2 is 2.12 bits per heavy atom. The predicted molar refractivity (Wildman–Crippen MR) is 98.1 cm³/mol. The Bertz CT molecular complexity index is 765. The Morgan fingerprint density at radius 1 is 1.36 bits per heavy atom. The van der Waals surface area contributed by atoms with Gasteiger partial charge in [-0.05, 0) is 50.8 Å². The zero-order valence-electron chi connectivity index (χ0n) is 15.3. The van der Waals surface area contributed by atoms with Crippen molar-refractivity contribution in [3.8, 4) is 5.75 Å². The molecule has 5 heteroatoms. The van der Waals surface area contributed by atoms with Crippen LogP contribution in [0.15, 0.2) is 18.2 Å². The van der Waals surface area contributed by atoms with E-state index in [1.165, 1.54) is 0 Å². The number of alkyl halides is 1. The van der Waals surface area contributed by atoms with Crippen LogP contribution in [0.2, 0.25) is 0 Å². The Labute approximate surface area is 148 Å². The van der Waals surface area contributed by atoms with Crippen molar-refractivity contribution in [2.24, 2.45) is 0 Å². The van der Waals surface area contributed by atoms with Gasteiger partial charge >= 0.3 is 0 Å². The first-order chi connectivity index (χ1) is 12.2. The number of halogens is 1. The molecule has 1 atom stereocenters. The van der Waals surface area contributed by atoms with Crippen LogP contribution in [-0.4, -0.2) is 42.2 Å². The van der Waals surface area contributed by atoms with Crippen molar-refractivity contribution in [3.05, 3.63) is 29.5 Å². The third kappa shape index (κ3) is 2.90. The zero-order chi connectivity index (χ0) is 18.0. The van der Waals surface area contributed by atoms with Crippen molar-refractivity contribution < 1.29 is 13.9 Å². The number of amides is 1. The summed E-state index contributed by atoms with van der Waals surface area (Å²) in [6.45, 7) is 5.35. The second kappa shape index (κ2) is 7.46. The minimum absolute atomic E-state index is 0.164. The van der Waals surface area contributed by atoms with E-state index in [-0.39, 0.29) is 11.8 Å². The minimum Gasteiger partial charge on any atom is -0.496 e. The van der Waals surface area contributed by atoms with Crippen molar-refractivity contribution in [1.29, 1.82) is 0 Å². The molecule has 0 bridgehead atoms. The fourth-order valence-electron chi connectivity index (χ4n) is 4.23. The molecule has 0 aliphatic heterocycles. The summed E-state index contributed by atoms with van der Waals surface area (Å²) in [4.78, 5) is 15.0. The molecule has 1 heterocycles. The van der Waals surface area contributed by atoms with Gasteiger partial charge in [0.2, 0.25) is 5.91 Å². The van der Waals surface area contributed by atoms with Crippen LogP contribution in [0.25, 0.3) is 10.9 Å². The highest BCUT2D eigenvalue weighted by Crippen LogP contribution is 2.43. The number of carbonyl (C=O) groups is 1. The van der Waals surface area contributed by atoms with Gasteiger partial charge in [0.05, 0.1) is 25.1 Å². The van der Waals surface area contributed by atoms with Crippen LogP contribution in [0.5, 0.6) is 5.75 Å². The molecule has 0 saturated carbocycles. The van der Waals surface area contributed by atoms with E-state index < -0.39 is 6.67 Å². The number of hydrogen-bond donors (Lipinski definition) is 0. The second-order valence-electron chi connectivity index (χ2n) is 6.51. The monoisotopic (exact) mass is 345 g/mol. The van der Waals surface area contributed by atoms with Crippen LogP contribution in [-0.2, 0) is 17.8 Å². The van der Waals surface area contributed by atoms with Gasteiger partial charge in [0.25, 0.3) is 0 Å². The topological polar surface area (TPSA) is 34.5 Å². The summed E-state index contributed by atoms with van der Waals surface area (Å²) < 4.78 is 20.8. The maximum Gasteiger partial charge on any atom is 0.230 e. The molecule has 1 aliphatic rings.